The number of nitrogens with zero attached hydrogens (tertiary/aromatic N) is 2. The zero-order valence-electron chi connectivity index (χ0n) is 11.3. The number of benzene rings is 1. The Morgan fingerprint density at radius 3 is 2.58 bits per heavy atom. The summed E-state index contributed by atoms with van der Waals surface area (Å²) in [6, 6.07) is 12.7. The van der Waals surface area contributed by atoms with Gasteiger partial charge in [-0.15, -0.1) is 0 Å². The second-order valence-corrected chi connectivity index (χ2v) is 5.39. The fourth-order valence-electron chi connectivity index (χ4n) is 3.02. The van der Waals surface area contributed by atoms with Gasteiger partial charge in [-0.1, -0.05) is 43.2 Å². The Morgan fingerprint density at radius 1 is 1.16 bits per heavy atom. The van der Waals surface area contributed by atoms with Gasteiger partial charge in [0.05, 0.1) is 12.2 Å². The van der Waals surface area contributed by atoms with E-state index in [0.29, 0.717) is 12.5 Å². The molecule has 2 aromatic rings. The van der Waals surface area contributed by atoms with Crippen LogP contribution >= 0.6 is 0 Å². The lowest BCUT2D eigenvalue weighted by atomic mass is 10.0. The van der Waals surface area contributed by atoms with Gasteiger partial charge in [0.2, 0.25) is 0 Å². The van der Waals surface area contributed by atoms with Crippen molar-refractivity contribution in [3.05, 3.63) is 53.3 Å². The number of hydrogen-bond acceptors (Lipinski definition) is 2. The maximum atomic E-state index is 5.75. The molecule has 2 N–H and O–H groups in total. The van der Waals surface area contributed by atoms with Crippen LogP contribution in [0.25, 0.3) is 0 Å². The lowest BCUT2D eigenvalue weighted by molar-refractivity contribution is 0.579. The van der Waals surface area contributed by atoms with Crippen molar-refractivity contribution < 1.29 is 0 Å². The Morgan fingerprint density at radius 2 is 1.89 bits per heavy atom. The van der Waals surface area contributed by atoms with Crippen LogP contribution in [-0.2, 0) is 13.1 Å². The van der Waals surface area contributed by atoms with E-state index in [4.69, 9.17) is 5.73 Å². The van der Waals surface area contributed by atoms with Crippen LogP contribution in [0.15, 0.2) is 36.4 Å². The van der Waals surface area contributed by atoms with E-state index in [1.54, 1.807) is 0 Å². The largest absolute Gasteiger partial charge is 0.325 e. The van der Waals surface area contributed by atoms with Crippen molar-refractivity contribution in [3.8, 4) is 0 Å². The van der Waals surface area contributed by atoms with Gasteiger partial charge in [0.1, 0.15) is 0 Å². The maximum Gasteiger partial charge on any atom is 0.0763 e. The number of rotatable bonds is 4. The summed E-state index contributed by atoms with van der Waals surface area (Å²) in [5.41, 5.74) is 9.44. The summed E-state index contributed by atoms with van der Waals surface area (Å²) in [5.74, 6) is 0.677. The van der Waals surface area contributed by atoms with Crippen LogP contribution in [0.4, 0.5) is 0 Å². The lowest BCUT2D eigenvalue weighted by Crippen LogP contribution is -2.09. The molecule has 0 atom stereocenters. The van der Waals surface area contributed by atoms with E-state index in [0.717, 1.165) is 12.2 Å². The zero-order valence-corrected chi connectivity index (χ0v) is 11.3. The molecule has 1 heterocycles. The van der Waals surface area contributed by atoms with Crippen molar-refractivity contribution in [2.75, 3.05) is 0 Å². The molecule has 0 aliphatic heterocycles. The van der Waals surface area contributed by atoms with Crippen LogP contribution in [0.2, 0.25) is 0 Å². The average Bonchev–Trinajstić information content (AvgIpc) is 3.08. The second-order valence-electron chi connectivity index (χ2n) is 5.39. The van der Waals surface area contributed by atoms with Crippen molar-refractivity contribution in [3.63, 3.8) is 0 Å². The van der Waals surface area contributed by atoms with Gasteiger partial charge >= 0.3 is 0 Å². The minimum absolute atomic E-state index is 0.529. The summed E-state index contributed by atoms with van der Waals surface area (Å²) in [5, 5.41) is 4.66. The van der Waals surface area contributed by atoms with E-state index >= 15 is 0 Å². The third-order valence-corrected chi connectivity index (χ3v) is 4.02. The molecule has 0 spiro atoms. The molecule has 0 amide bonds. The molecule has 1 fully saturated rings. The van der Waals surface area contributed by atoms with E-state index in [-0.39, 0.29) is 0 Å². The maximum absolute atomic E-state index is 5.75. The van der Waals surface area contributed by atoms with E-state index in [9.17, 15) is 0 Å². The Labute approximate surface area is 114 Å². The molecular formula is C16H21N3. The summed E-state index contributed by atoms with van der Waals surface area (Å²) in [7, 11) is 0. The molecule has 3 nitrogen and oxygen atoms in total. The first-order chi connectivity index (χ1) is 9.36. The minimum Gasteiger partial charge on any atom is -0.325 e. The molecule has 1 aromatic heterocycles. The molecule has 3 rings (SSSR count). The Kier molecular flexibility index (Phi) is 3.65. The van der Waals surface area contributed by atoms with E-state index in [1.165, 1.54) is 36.9 Å². The van der Waals surface area contributed by atoms with Gasteiger partial charge in [0.15, 0.2) is 0 Å². The first-order valence-corrected chi connectivity index (χ1v) is 7.17. The fourth-order valence-corrected chi connectivity index (χ4v) is 3.02. The smallest absolute Gasteiger partial charge is 0.0763 e. The standard InChI is InChI=1S/C16H21N3/c17-11-15-10-16(14-8-4-5-9-14)19(18-15)12-13-6-2-1-3-7-13/h1-3,6-7,10,14H,4-5,8-9,11-12,17H2. The quantitative estimate of drug-likeness (QED) is 0.912. The summed E-state index contributed by atoms with van der Waals surface area (Å²) >= 11 is 0. The Balaban J connectivity index is 1.88. The van der Waals surface area contributed by atoms with Crippen molar-refractivity contribution in [1.82, 2.24) is 9.78 Å². The van der Waals surface area contributed by atoms with Crippen LogP contribution in [0.3, 0.4) is 0 Å². The van der Waals surface area contributed by atoms with Gasteiger partial charge in [-0.3, -0.25) is 4.68 Å². The van der Waals surface area contributed by atoms with E-state index in [1.807, 2.05) is 0 Å². The first-order valence-electron chi connectivity index (χ1n) is 7.17. The molecule has 0 unspecified atom stereocenters. The van der Waals surface area contributed by atoms with Crippen molar-refractivity contribution in [2.45, 2.75) is 44.7 Å². The van der Waals surface area contributed by atoms with Crippen LogP contribution in [0, 0.1) is 0 Å². The van der Waals surface area contributed by atoms with Gasteiger partial charge in [0.25, 0.3) is 0 Å². The van der Waals surface area contributed by atoms with Gasteiger partial charge in [-0.25, -0.2) is 0 Å². The van der Waals surface area contributed by atoms with E-state index in [2.05, 4.69) is 46.2 Å². The highest BCUT2D eigenvalue weighted by Gasteiger charge is 2.21. The number of hydrogen-bond donors (Lipinski definition) is 1. The molecule has 1 aromatic carbocycles. The van der Waals surface area contributed by atoms with Crippen molar-refractivity contribution in [1.29, 1.82) is 0 Å². The van der Waals surface area contributed by atoms with E-state index < -0.39 is 0 Å². The van der Waals surface area contributed by atoms with Crippen LogP contribution in [0.1, 0.15) is 48.6 Å². The molecular weight excluding hydrogens is 234 g/mol. The fraction of sp³-hybridized carbons (Fsp3) is 0.438. The van der Waals surface area contributed by atoms with Crippen molar-refractivity contribution >= 4 is 0 Å². The summed E-state index contributed by atoms with van der Waals surface area (Å²) in [6.45, 7) is 1.38. The highest BCUT2D eigenvalue weighted by atomic mass is 15.3. The summed E-state index contributed by atoms with van der Waals surface area (Å²) in [4.78, 5) is 0. The van der Waals surface area contributed by atoms with Crippen molar-refractivity contribution in [2.24, 2.45) is 5.73 Å². The van der Waals surface area contributed by atoms with Gasteiger partial charge in [0, 0.05) is 18.2 Å². The minimum atomic E-state index is 0.529. The molecule has 100 valence electrons. The summed E-state index contributed by atoms with van der Waals surface area (Å²) < 4.78 is 2.16. The highest BCUT2D eigenvalue weighted by Crippen LogP contribution is 2.34. The molecule has 1 saturated carbocycles. The normalized spacial score (nSPS) is 16.1. The number of nitrogens with two attached hydrogens (primary N) is 1. The number of aromatic nitrogens is 2. The van der Waals surface area contributed by atoms with Gasteiger partial charge < -0.3 is 5.73 Å². The second kappa shape index (κ2) is 5.57. The molecule has 0 saturated heterocycles. The van der Waals surface area contributed by atoms with Crippen LogP contribution in [-0.4, -0.2) is 9.78 Å². The van der Waals surface area contributed by atoms with Crippen LogP contribution in [0.5, 0.6) is 0 Å². The van der Waals surface area contributed by atoms with Crippen LogP contribution < -0.4 is 5.73 Å². The molecule has 0 bridgehead atoms. The molecule has 0 radical (unpaired) electrons. The third-order valence-electron chi connectivity index (χ3n) is 4.02. The monoisotopic (exact) mass is 255 g/mol. The predicted molar refractivity (Wildman–Crippen MR) is 76.9 cm³/mol. The molecule has 1 aliphatic rings. The summed E-state index contributed by atoms with van der Waals surface area (Å²) in [6.07, 6.45) is 5.28. The third kappa shape index (κ3) is 2.71. The molecule has 3 heteroatoms. The first kappa shape index (κ1) is 12.4. The average molecular weight is 255 g/mol. The zero-order chi connectivity index (χ0) is 13.1. The highest BCUT2D eigenvalue weighted by molar-refractivity contribution is 5.20. The van der Waals surface area contributed by atoms with Gasteiger partial charge in [-0.2, -0.15) is 5.10 Å². The predicted octanol–water partition coefficient (Wildman–Crippen LogP) is 3.05. The Hall–Kier alpha value is -1.61. The lowest BCUT2D eigenvalue weighted by Gasteiger charge is -2.12. The van der Waals surface area contributed by atoms with Gasteiger partial charge in [-0.05, 0) is 24.5 Å². The Bertz CT molecular complexity index is 524. The molecule has 1 aliphatic carbocycles. The SMILES string of the molecule is NCc1cc(C2CCCC2)n(Cc2ccccc2)n1. The topological polar surface area (TPSA) is 43.8 Å². The molecule has 19 heavy (non-hydrogen) atoms.